The molecular weight excluding hydrogens is 206 g/mol. The van der Waals surface area contributed by atoms with Crippen LogP contribution in [0.25, 0.3) is 0 Å². The lowest BCUT2D eigenvalue weighted by Crippen LogP contribution is -2.28. The first kappa shape index (κ1) is 13.4. The highest BCUT2D eigenvalue weighted by Crippen LogP contribution is 2.46. The third-order valence-corrected chi connectivity index (χ3v) is 5.62. The van der Waals surface area contributed by atoms with E-state index in [4.69, 9.17) is 5.73 Å². The number of hydrogen-bond donors (Lipinski definition) is 1. The lowest BCUT2D eigenvalue weighted by atomic mass is 9.76. The minimum Gasteiger partial charge on any atom is -0.330 e. The van der Waals surface area contributed by atoms with Crippen molar-refractivity contribution >= 4 is 0 Å². The van der Waals surface area contributed by atoms with Crippen molar-refractivity contribution in [2.45, 2.75) is 77.6 Å². The maximum atomic E-state index is 6.10. The van der Waals surface area contributed by atoms with Gasteiger partial charge in [0.15, 0.2) is 0 Å². The highest BCUT2D eigenvalue weighted by molar-refractivity contribution is 4.90. The van der Waals surface area contributed by atoms with E-state index in [0.717, 1.165) is 18.4 Å². The van der Waals surface area contributed by atoms with Crippen molar-refractivity contribution in [3.63, 3.8) is 0 Å². The van der Waals surface area contributed by atoms with E-state index in [1.54, 1.807) is 0 Å². The van der Waals surface area contributed by atoms with E-state index in [0.29, 0.717) is 5.41 Å². The van der Waals surface area contributed by atoms with Gasteiger partial charge in [0, 0.05) is 0 Å². The van der Waals surface area contributed by atoms with Crippen molar-refractivity contribution in [1.29, 1.82) is 0 Å². The van der Waals surface area contributed by atoms with Crippen molar-refractivity contribution in [2.24, 2.45) is 23.0 Å². The number of hydrogen-bond acceptors (Lipinski definition) is 1. The van der Waals surface area contributed by atoms with E-state index < -0.39 is 0 Å². The van der Waals surface area contributed by atoms with Gasteiger partial charge in [-0.05, 0) is 55.9 Å². The number of rotatable bonds is 5. The Bertz CT molecular complexity index is 220. The summed E-state index contributed by atoms with van der Waals surface area (Å²) in [5.74, 6) is 2.01. The second-order valence-electron chi connectivity index (χ2n) is 6.76. The van der Waals surface area contributed by atoms with E-state index >= 15 is 0 Å². The van der Waals surface area contributed by atoms with Gasteiger partial charge in [0.1, 0.15) is 0 Å². The summed E-state index contributed by atoms with van der Waals surface area (Å²) in [7, 11) is 0. The second-order valence-corrected chi connectivity index (χ2v) is 6.76. The normalized spacial score (nSPS) is 35.3. The summed E-state index contributed by atoms with van der Waals surface area (Å²) < 4.78 is 0. The topological polar surface area (TPSA) is 26.0 Å². The Labute approximate surface area is 108 Å². The Morgan fingerprint density at radius 2 is 1.82 bits per heavy atom. The van der Waals surface area contributed by atoms with Crippen LogP contribution in [0.1, 0.15) is 77.6 Å². The fourth-order valence-electron chi connectivity index (χ4n) is 4.18. The summed E-state index contributed by atoms with van der Waals surface area (Å²) >= 11 is 0. The largest absolute Gasteiger partial charge is 0.330 e. The summed E-state index contributed by atoms with van der Waals surface area (Å²) in [6.45, 7) is 3.29. The second kappa shape index (κ2) is 6.22. The van der Waals surface area contributed by atoms with Gasteiger partial charge >= 0.3 is 0 Å². The first-order chi connectivity index (χ1) is 8.28. The van der Waals surface area contributed by atoms with E-state index in [9.17, 15) is 0 Å². The van der Waals surface area contributed by atoms with Gasteiger partial charge in [0.05, 0.1) is 0 Å². The Balaban J connectivity index is 1.79. The van der Waals surface area contributed by atoms with Crippen molar-refractivity contribution in [2.75, 3.05) is 6.54 Å². The Kier molecular flexibility index (Phi) is 4.90. The molecule has 2 rings (SSSR count). The molecule has 2 saturated carbocycles. The molecule has 0 aromatic carbocycles. The fraction of sp³-hybridized carbons (Fsp3) is 1.00. The predicted octanol–water partition coefficient (Wildman–Crippen LogP) is 4.50. The Morgan fingerprint density at radius 1 is 1.06 bits per heavy atom. The minimum atomic E-state index is 0.540. The van der Waals surface area contributed by atoms with E-state index in [1.807, 2.05) is 0 Å². The van der Waals surface area contributed by atoms with Crippen LogP contribution in [0.15, 0.2) is 0 Å². The molecule has 2 aliphatic carbocycles. The SMILES string of the molecule is CCC1CCC(CN)(CCC2CCCCC2)C1. The van der Waals surface area contributed by atoms with E-state index in [1.165, 1.54) is 70.6 Å². The molecule has 0 radical (unpaired) electrons. The lowest BCUT2D eigenvalue weighted by molar-refractivity contribution is 0.222. The lowest BCUT2D eigenvalue weighted by Gasteiger charge is -2.31. The van der Waals surface area contributed by atoms with Crippen LogP contribution in [0.2, 0.25) is 0 Å². The summed E-state index contributed by atoms with van der Waals surface area (Å²) in [5, 5.41) is 0. The molecule has 0 heterocycles. The van der Waals surface area contributed by atoms with E-state index in [2.05, 4.69) is 6.92 Å². The zero-order chi connectivity index (χ0) is 12.1. The molecule has 17 heavy (non-hydrogen) atoms. The van der Waals surface area contributed by atoms with Crippen molar-refractivity contribution in [3.8, 4) is 0 Å². The van der Waals surface area contributed by atoms with Crippen LogP contribution in [-0.4, -0.2) is 6.54 Å². The van der Waals surface area contributed by atoms with Gasteiger partial charge < -0.3 is 5.73 Å². The summed E-state index contributed by atoms with van der Waals surface area (Å²) in [6, 6.07) is 0. The average molecular weight is 237 g/mol. The summed E-state index contributed by atoms with van der Waals surface area (Å²) in [4.78, 5) is 0. The molecule has 1 heteroatoms. The zero-order valence-electron chi connectivity index (χ0n) is 11.7. The standard InChI is InChI=1S/C16H31N/c1-2-14-8-10-16(12-14,13-17)11-9-15-6-4-3-5-7-15/h14-15H,2-13,17H2,1H3. The van der Waals surface area contributed by atoms with E-state index in [-0.39, 0.29) is 0 Å². The van der Waals surface area contributed by atoms with Crippen LogP contribution in [0, 0.1) is 17.3 Å². The molecule has 0 aromatic rings. The molecule has 0 amide bonds. The monoisotopic (exact) mass is 237 g/mol. The minimum absolute atomic E-state index is 0.540. The molecule has 100 valence electrons. The van der Waals surface area contributed by atoms with Crippen LogP contribution >= 0.6 is 0 Å². The molecule has 0 bridgehead atoms. The highest BCUT2D eigenvalue weighted by atomic mass is 14.6. The maximum Gasteiger partial charge on any atom is -0.00204 e. The molecule has 2 unspecified atom stereocenters. The molecule has 2 aliphatic rings. The molecule has 0 spiro atoms. The van der Waals surface area contributed by atoms with Gasteiger partial charge in [-0.2, -0.15) is 0 Å². The average Bonchev–Trinajstić information content (AvgIpc) is 2.82. The van der Waals surface area contributed by atoms with Crippen LogP contribution in [-0.2, 0) is 0 Å². The fourth-order valence-corrected chi connectivity index (χ4v) is 4.18. The van der Waals surface area contributed by atoms with Gasteiger partial charge in [0.2, 0.25) is 0 Å². The maximum absolute atomic E-state index is 6.10. The van der Waals surface area contributed by atoms with Gasteiger partial charge in [-0.3, -0.25) is 0 Å². The van der Waals surface area contributed by atoms with Crippen LogP contribution < -0.4 is 5.73 Å². The van der Waals surface area contributed by atoms with Gasteiger partial charge in [-0.25, -0.2) is 0 Å². The summed E-state index contributed by atoms with van der Waals surface area (Å²) in [5.41, 5.74) is 6.64. The predicted molar refractivity (Wildman–Crippen MR) is 74.9 cm³/mol. The molecular formula is C16H31N. The third-order valence-electron chi connectivity index (χ3n) is 5.62. The molecule has 2 N–H and O–H groups in total. The van der Waals surface area contributed by atoms with Crippen LogP contribution in [0.5, 0.6) is 0 Å². The zero-order valence-corrected chi connectivity index (χ0v) is 11.7. The van der Waals surface area contributed by atoms with Crippen molar-refractivity contribution < 1.29 is 0 Å². The molecule has 2 fully saturated rings. The molecule has 2 atom stereocenters. The van der Waals surface area contributed by atoms with Crippen LogP contribution in [0.3, 0.4) is 0 Å². The van der Waals surface area contributed by atoms with Crippen LogP contribution in [0.4, 0.5) is 0 Å². The molecule has 1 nitrogen and oxygen atoms in total. The van der Waals surface area contributed by atoms with Crippen molar-refractivity contribution in [3.05, 3.63) is 0 Å². The highest BCUT2D eigenvalue weighted by Gasteiger charge is 2.37. The van der Waals surface area contributed by atoms with Gasteiger partial charge in [0.25, 0.3) is 0 Å². The Morgan fingerprint density at radius 3 is 2.41 bits per heavy atom. The molecule has 0 saturated heterocycles. The first-order valence-corrected chi connectivity index (χ1v) is 7.98. The molecule has 0 aromatic heterocycles. The quantitative estimate of drug-likeness (QED) is 0.748. The summed E-state index contributed by atoms with van der Waals surface area (Å²) in [6.07, 6.45) is 16.0. The smallest absolute Gasteiger partial charge is 0.00204 e. The van der Waals surface area contributed by atoms with Crippen molar-refractivity contribution in [1.82, 2.24) is 0 Å². The Hall–Kier alpha value is -0.0400. The van der Waals surface area contributed by atoms with Gasteiger partial charge in [-0.1, -0.05) is 45.4 Å². The third kappa shape index (κ3) is 3.47. The number of nitrogens with two attached hydrogens (primary N) is 1. The molecule has 0 aliphatic heterocycles. The first-order valence-electron chi connectivity index (χ1n) is 7.98. The van der Waals surface area contributed by atoms with Gasteiger partial charge in [-0.15, -0.1) is 0 Å².